The Kier molecular flexibility index (Phi) is 5.82. The van der Waals surface area contributed by atoms with Gasteiger partial charge in [0.25, 0.3) is 5.89 Å². The Labute approximate surface area is 183 Å². The van der Waals surface area contributed by atoms with E-state index in [-0.39, 0.29) is 29.0 Å². The first-order valence-electron chi connectivity index (χ1n) is 9.46. The molecule has 0 atom stereocenters. The molecule has 0 spiro atoms. The number of carbonyl (C=O) groups is 1. The summed E-state index contributed by atoms with van der Waals surface area (Å²) in [6, 6.07) is 12.9. The van der Waals surface area contributed by atoms with Crippen molar-refractivity contribution in [3.8, 4) is 23.1 Å². The van der Waals surface area contributed by atoms with Crippen LogP contribution < -0.4 is 14.8 Å². The molecule has 0 saturated heterocycles. The van der Waals surface area contributed by atoms with Crippen LogP contribution in [0.1, 0.15) is 6.42 Å². The molecule has 166 valence electrons. The number of furan rings is 1. The number of para-hydroxylation sites is 1. The summed E-state index contributed by atoms with van der Waals surface area (Å²) < 4.78 is 46.3. The minimum Gasteiger partial charge on any atom is -0.497 e. The van der Waals surface area contributed by atoms with Crippen LogP contribution >= 0.6 is 0 Å². The predicted molar refractivity (Wildman–Crippen MR) is 114 cm³/mol. The zero-order valence-corrected chi connectivity index (χ0v) is 18.0. The molecule has 0 radical (unpaired) electrons. The normalized spacial score (nSPS) is 11.4. The minimum absolute atomic E-state index is 0.0596. The molecule has 10 nitrogen and oxygen atoms in total. The van der Waals surface area contributed by atoms with Crippen LogP contribution in [0.25, 0.3) is 22.6 Å². The Morgan fingerprint density at radius 1 is 1.03 bits per heavy atom. The molecule has 0 aliphatic rings. The number of rotatable bonds is 8. The molecule has 0 fully saturated rings. The third-order valence-electron chi connectivity index (χ3n) is 4.63. The molecular weight excluding hydrogens is 438 g/mol. The largest absolute Gasteiger partial charge is 0.497 e. The van der Waals surface area contributed by atoms with Gasteiger partial charge in [0.1, 0.15) is 5.75 Å². The van der Waals surface area contributed by atoms with Gasteiger partial charge in [-0.1, -0.05) is 17.2 Å². The van der Waals surface area contributed by atoms with Crippen LogP contribution in [-0.4, -0.2) is 44.5 Å². The molecule has 2 heterocycles. The average Bonchev–Trinajstić information content (AvgIpc) is 3.44. The zero-order valence-electron chi connectivity index (χ0n) is 17.2. The summed E-state index contributed by atoms with van der Waals surface area (Å²) >= 11 is 0. The first-order valence-corrected chi connectivity index (χ1v) is 11.1. The molecule has 0 aliphatic heterocycles. The van der Waals surface area contributed by atoms with Crippen LogP contribution in [0.3, 0.4) is 0 Å². The number of nitrogens with one attached hydrogen (secondary N) is 1. The van der Waals surface area contributed by atoms with Crippen molar-refractivity contribution in [1.29, 1.82) is 0 Å². The summed E-state index contributed by atoms with van der Waals surface area (Å²) in [5.74, 6) is 0.499. The van der Waals surface area contributed by atoms with E-state index in [9.17, 15) is 13.2 Å². The van der Waals surface area contributed by atoms with Gasteiger partial charge in [-0.2, -0.15) is 0 Å². The van der Waals surface area contributed by atoms with Crippen molar-refractivity contribution in [2.75, 3.05) is 25.3 Å². The third-order valence-corrected chi connectivity index (χ3v) is 6.36. The highest BCUT2D eigenvalue weighted by atomic mass is 32.2. The molecule has 2 aromatic heterocycles. The van der Waals surface area contributed by atoms with E-state index in [1.807, 2.05) is 12.1 Å². The van der Waals surface area contributed by atoms with Gasteiger partial charge in [0.05, 0.1) is 24.9 Å². The smallest absolute Gasteiger partial charge is 0.322 e. The Hall–Kier alpha value is -3.86. The lowest BCUT2D eigenvalue weighted by Gasteiger charge is -2.05. The van der Waals surface area contributed by atoms with Crippen LogP contribution in [0.15, 0.2) is 62.3 Å². The first kappa shape index (κ1) is 21.4. The van der Waals surface area contributed by atoms with Crippen LogP contribution in [0.5, 0.6) is 11.5 Å². The van der Waals surface area contributed by atoms with Crippen LogP contribution in [-0.2, 0) is 14.6 Å². The van der Waals surface area contributed by atoms with Gasteiger partial charge in [0.2, 0.25) is 5.91 Å². The van der Waals surface area contributed by atoms with E-state index in [2.05, 4.69) is 15.5 Å². The summed E-state index contributed by atoms with van der Waals surface area (Å²) in [6.45, 7) is 0. The lowest BCUT2D eigenvalue weighted by atomic mass is 10.2. The molecule has 11 heteroatoms. The van der Waals surface area contributed by atoms with Gasteiger partial charge >= 0.3 is 6.01 Å². The highest BCUT2D eigenvalue weighted by molar-refractivity contribution is 7.91. The molecule has 4 rings (SSSR count). The van der Waals surface area contributed by atoms with Crippen molar-refractivity contribution in [2.45, 2.75) is 11.3 Å². The first-order chi connectivity index (χ1) is 15.4. The number of aromatic nitrogens is 2. The number of sulfone groups is 1. The number of hydrogen-bond acceptors (Lipinski definition) is 9. The van der Waals surface area contributed by atoms with E-state index in [1.165, 1.54) is 26.4 Å². The van der Waals surface area contributed by atoms with Crippen LogP contribution in [0.2, 0.25) is 0 Å². The van der Waals surface area contributed by atoms with Crippen molar-refractivity contribution < 1.29 is 31.5 Å². The van der Waals surface area contributed by atoms with Crippen LogP contribution in [0.4, 0.5) is 6.01 Å². The lowest BCUT2D eigenvalue weighted by Crippen LogP contribution is -2.17. The highest BCUT2D eigenvalue weighted by Gasteiger charge is 2.19. The van der Waals surface area contributed by atoms with Crippen molar-refractivity contribution in [1.82, 2.24) is 10.2 Å². The minimum atomic E-state index is -3.64. The van der Waals surface area contributed by atoms with Gasteiger partial charge in [0.15, 0.2) is 26.9 Å². The van der Waals surface area contributed by atoms with Gasteiger partial charge in [-0.15, -0.1) is 5.10 Å². The Morgan fingerprint density at radius 2 is 1.81 bits per heavy atom. The molecule has 0 bridgehead atoms. The maximum absolute atomic E-state index is 12.4. The van der Waals surface area contributed by atoms with Crippen molar-refractivity contribution >= 4 is 32.7 Å². The molecule has 0 unspecified atom stereocenters. The predicted octanol–water partition coefficient (Wildman–Crippen LogP) is 3.30. The van der Waals surface area contributed by atoms with E-state index in [1.54, 1.807) is 24.3 Å². The number of fused-ring (bicyclic) bond motifs is 1. The molecule has 1 N–H and O–H groups in total. The van der Waals surface area contributed by atoms with Crippen LogP contribution in [0, 0.1) is 0 Å². The Morgan fingerprint density at radius 3 is 2.53 bits per heavy atom. The van der Waals surface area contributed by atoms with Crippen molar-refractivity contribution in [2.24, 2.45) is 0 Å². The van der Waals surface area contributed by atoms with E-state index < -0.39 is 15.7 Å². The fourth-order valence-corrected chi connectivity index (χ4v) is 4.23. The summed E-state index contributed by atoms with van der Waals surface area (Å²) in [5, 5.41) is 10.8. The molecule has 1 amide bonds. The average molecular weight is 457 g/mol. The van der Waals surface area contributed by atoms with E-state index in [4.69, 9.17) is 18.3 Å². The zero-order chi connectivity index (χ0) is 22.7. The highest BCUT2D eigenvalue weighted by Crippen LogP contribution is 2.33. The van der Waals surface area contributed by atoms with Gasteiger partial charge < -0.3 is 18.3 Å². The number of ether oxygens (including phenoxy) is 2. The molecule has 32 heavy (non-hydrogen) atoms. The summed E-state index contributed by atoms with van der Waals surface area (Å²) in [4.78, 5) is 12.3. The SMILES string of the molecule is COc1ccc(S(=O)(=O)CCC(=O)Nc2nnc(-c3cc4cccc(OC)c4o3)o2)cc1. The second-order valence-corrected chi connectivity index (χ2v) is 8.80. The topological polar surface area (TPSA) is 134 Å². The molecule has 0 aliphatic carbocycles. The van der Waals surface area contributed by atoms with E-state index >= 15 is 0 Å². The Balaban J connectivity index is 1.40. The maximum Gasteiger partial charge on any atom is 0.322 e. The number of benzene rings is 2. The second-order valence-electron chi connectivity index (χ2n) is 6.69. The molecule has 0 saturated carbocycles. The fraction of sp³-hybridized carbons (Fsp3) is 0.190. The van der Waals surface area contributed by atoms with Crippen molar-refractivity contribution in [3.05, 3.63) is 48.5 Å². The van der Waals surface area contributed by atoms with Gasteiger partial charge in [-0.05, 0) is 36.4 Å². The number of methoxy groups -OCH3 is 2. The standard InChI is InChI=1S/C21H19N3O7S/c1-28-14-6-8-15(9-7-14)32(26,27)11-10-18(25)22-21-24-23-20(31-21)17-12-13-4-3-5-16(29-2)19(13)30-17/h3-9,12H,10-11H2,1-2H3,(H,22,24,25). The van der Waals surface area contributed by atoms with Gasteiger partial charge in [-0.25, -0.2) is 8.42 Å². The third kappa shape index (κ3) is 4.42. The molecule has 4 aromatic rings. The molecular formula is C21H19N3O7S. The quantitative estimate of drug-likeness (QED) is 0.423. The summed E-state index contributed by atoms with van der Waals surface area (Å²) in [7, 11) is -0.620. The Bertz CT molecular complexity index is 1360. The summed E-state index contributed by atoms with van der Waals surface area (Å²) in [6.07, 6.45) is -0.284. The molecule has 2 aromatic carbocycles. The van der Waals surface area contributed by atoms with Gasteiger partial charge in [0, 0.05) is 11.8 Å². The van der Waals surface area contributed by atoms with Gasteiger partial charge in [-0.3, -0.25) is 10.1 Å². The fourth-order valence-electron chi connectivity index (χ4n) is 2.99. The van der Waals surface area contributed by atoms with Crippen molar-refractivity contribution in [3.63, 3.8) is 0 Å². The number of carbonyl (C=O) groups excluding carboxylic acids is 1. The lowest BCUT2D eigenvalue weighted by molar-refractivity contribution is -0.115. The van der Waals surface area contributed by atoms with E-state index in [0.29, 0.717) is 22.8 Å². The number of anilines is 1. The second kappa shape index (κ2) is 8.71. The monoisotopic (exact) mass is 457 g/mol. The maximum atomic E-state index is 12.4. The number of amides is 1. The number of hydrogen-bond donors (Lipinski definition) is 1. The van der Waals surface area contributed by atoms with E-state index in [0.717, 1.165) is 5.39 Å². The summed E-state index contributed by atoms with van der Waals surface area (Å²) in [5.41, 5.74) is 0.525. The number of nitrogens with zero attached hydrogens (tertiary/aromatic N) is 2.